The second-order valence-electron chi connectivity index (χ2n) is 6.48. The Morgan fingerprint density at radius 3 is 2.69 bits per heavy atom. The summed E-state index contributed by atoms with van der Waals surface area (Å²) in [6.45, 7) is -0.161. The molecule has 1 aliphatic heterocycles. The molecule has 0 saturated heterocycles. The van der Waals surface area contributed by atoms with Gasteiger partial charge in [-0.25, -0.2) is 9.82 Å². The Balaban J connectivity index is 1.43. The van der Waals surface area contributed by atoms with Crippen molar-refractivity contribution in [2.75, 3.05) is 12.4 Å². The highest BCUT2D eigenvalue weighted by molar-refractivity contribution is 7.99. The normalized spacial score (nSPS) is 14.3. The van der Waals surface area contributed by atoms with Crippen LogP contribution in [0.25, 0.3) is 11.1 Å². The van der Waals surface area contributed by atoms with Gasteiger partial charge in [0.15, 0.2) is 6.61 Å². The van der Waals surface area contributed by atoms with Crippen LogP contribution >= 0.6 is 11.8 Å². The van der Waals surface area contributed by atoms with Gasteiger partial charge in [0.25, 0.3) is 5.91 Å². The number of nitrogens with one attached hydrogen (secondary N) is 1. The van der Waals surface area contributed by atoms with E-state index in [1.54, 1.807) is 17.8 Å². The predicted octanol–water partition coefficient (Wildman–Crippen LogP) is 4.89. The van der Waals surface area contributed by atoms with Crippen LogP contribution in [0.4, 0.5) is 4.39 Å². The molecule has 0 aliphatic carbocycles. The van der Waals surface area contributed by atoms with Crippen LogP contribution in [-0.4, -0.2) is 24.0 Å². The topological polar surface area (TPSA) is 50.7 Å². The van der Waals surface area contributed by atoms with Gasteiger partial charge in [-0.2, -0.15) is 5.10 Å². The van der Waals surface area contributed by atoms with E-state index >= 15 is 0 Å². The minimum Gasteiger partial charge on any atom is -0.483 e. The number of carbonyl (C=O) groups excluding carboxylic acids is 1. The number of halogens is 1. The van der Waals surface area contributed by atoms with Crippen LogP contribution in [0, 0.1) is 5.82 Å². The number of ether oxygens (including phenoxy) is 1. The molecular weight excluding hydrogens is 387 g/mol. The fourth-order valence-electron chi connectivity index (χ4n) is 3.12. The van der Waals surface area contributed by atoms with E-state index in [1.165, 1.54) is 12.1 Å². The molecule has 3 aromatic carbocycles. The summed E-state index contributed by atoms with van der Waals surface area (Å²) in [6.07, 6.45) is 0.666. The number of hydrazone groups is 1. The number of hydrogen-bond donors (Lipinski definition) is 1. The maximum atomic E-state index is 13.6. The summed E-state index contributed by atoms with van der Waals surface area (Å²) in [5, 5.41) is 4.22. The molecular formula is C23H19FN2O2S. The van der Waals surface area contributed by atoms with Crippen molar-refractivity contribution in [3.63, 3.8) is 0 Å². The third-order valence-corrected chi connectivity index (χ3v) is 5.57. The highest BCUT2D eigenvalue weighted by Crippen LogP contribution is 2.31. The SMILES string of the molecule is O=C(COc1ccccc1-c1ccccc1)N/N=C1\CCSc2ccc(F)cc21. The summed E-state index contributed by atoms with van der Waals surface area (Å²) in [6, 6.07) is 22.1. The van der Waals surface area contributed by atoms with Crippen LogP contribution in [0.1, 0.15) is 12.0 Å². The summed E-state index contributed by atoms with van der Waals surface area (Å²) in [5.41, 5.74) is 5.88. The first-order valence-electron chi connectivity index (χ1n) is 9.26. The monoisotopic (exact) mass is 406 g/mol. The molecule has 0 saturated carbocycles. The molecule has 146 valence electrons. The summed E-state index contributed by atoms with van der Waals surface area (Å²) >= 11 is 1.66. The van der Waals surface area contributed by atoms with Crippen LogP contribution in [0.15, 0.2) is 82.8 Å². The van der Waals surface area contributed by atoms with Gasteiger partial charge in [-0.05, 0) is 29.8 Å². The summed E-state index contributed by atoms with van der Waals surface area (Å²) in [5.74, 6) is 0.791. The Morgan fingerprint density at radius 1 is 1.03 bits per heavy atom. The maximum Gasteiger partial charge on any atom is 0.277 e. The van der Waals surface area contributed by atoms with Crippen molar-refractivity contribution in [2.24, 2.45) is 5.10 Å². The van der Waals surface area contributed by atoms with Gasteiger partial charge in [-0.3, -0.25) is 4.79 Å². The molecule has 0 unspecified atom stereocenters. The lowest BCUT2D eigenvalue weighted by Gasteiger charge is -2.17. The second kappa shape index (κ2) is 8.92. The average Bonchev–Trinajstić information content (AvgIpc) is 2.77. The van der Waals surface area contributed by atoms with E-state index in [1.807, 2.05) is 54.6 Å². The third-order valence-electron chi connectivity index (χ3n) is 4.50. The van der Waals surface area contributed by atoms with E-state index in [0.717, 1.165) is 27.3 Å². The first-order chi connectivity index (χ1) is 14.2. The van der Waals surface area contributed by atoms with Crippen LogP contribution < -0.4 is 10.2 Å². The van der Waals surface area contributed by atoms with E-state index in [2.05, 4.69) is 10.5 Å². The number of rotatable bonds is 5. The number of para-hydroxylation sites is 1. The molecule has 0 atom stereocenters. The quantitative estimate of drug-likeness (QED) is 0.614. The Morgan fingerprint density at radius 2 is 1.83 bits per heavy atom. The number of carbonyl (C=O) groups is 1. The molecule has 0 fully saturated rings. The first-order valence-corrected chi connectivity index (χ1v) is 10.2. The first kappa shape index (κ1) is 19.2. The largest absolute Gasteiger partial charge is 0.483 e. The van der Waals surface area contributed by atoms with E-state index in [4.69, 9.17) is 4.74 Å². The molecule has 0 bridgehead atoms. The minimum absolute atomic E-state index is 0.161. The standard InChI is InChI=1S/C23H19FN2O2S/c24-17-10-11-22-19(14-17)20(12-13-29-22)25-26-23(27)15-28-21-9-5-4-8-18(21)16-6-2-1-3-7-16/h1-11,14H,12-13,15H2,(H,26,27)/b25-20+. The van der Waals surface area contributed by atoms with Gasteiger partial charge >= 0.3 is 0 Å². The summed E-state index contributed by atoms with van der Waals surface area (Å²) in [4.78, 5) is 13.2. The van der Waals surface area contributed by atoms with E-state index in [-0.39, 0.29) is 18.3 Å². The molecule has 1 amide bonds. The molecule has 3 aromatic rings. The third kappa shape index (κ3) is 4.66. The van der Waals surface area contributed by atoms with Gasteiger partial charge in [0.1, 0.15) is 11.6 Å². The van der Waals surface area contributed by atoms with Crippen molar-refractivity contribution < 1.29 is 13.9 Å². The molecule has 6 heteroatoms. The highest BCUT2D eigenvalue weighted by atomic mass is 32.2. The molecule has 1 aliphatic rings. The zero-order valence-electron chi connectivity index (χ0n) is 15.6. The zero-order chi connectivity index (χ0) is 20.1. The van der Waals surface area contributed by atoms with Crippen LogP contribution in [-0.2, 0) is 4.79 Å². The van der Waals surface area contributed by atoms with Crippen molar-refractivity contribution >= 4 is 23.4 Å². The Kier molecular flexibility index (Phi) is 5.91. The lowest BCUT2D eigenvalue weighted by molar-refractivity contribution is -0.123. The number of hydrogen-bond acceptors (Lipinski definition) is 4. The molecule has 0 spiro atoms. The average molecular weight is 406 g/mol. The van der Waals surface area contributed by atoms with E-state index in [0.29, 0.717) is 17.9 Å². The Labute approximate surface area is 172 Å². The van der Waals surface area contributed by atoms with Crippen LogP contribution in [0.5, 0.6) is 5.75 Å². The highest BCUT2D eigenvalue weighted by Gasteiger charge is 2.17. The van der Waals surface area contributed by atoms with Crippen molar-refractivity contribution in [3.8, 4) is 16.9 Å². The molecule has 4 nitrogen and oxygen atoms in total. The maximum absolute atomic E-state index is 13.6. The fraction of sp³-hybridized carbons (Fsp3) is 0.130. The van der Waals surface area contributed by atoms with Crippen molar-refractivity contribution in [3.05, 3.63) is 84.2 Å². The summed E-state index contributed by atoms with van der Waals surface area (Å²) in [7, 11) is 0. The predicted molar refractivity (Wildman–Crippen MR) is 114 cm³/mol. The van der Waals surface area contributed by atoms with Gasteiger partial charge in [-0.15, -0.1) is 11.8 Å². The van der Waals surface area contributed by atoms with Gasteiger partial charge in [-0.1, -0.05) is 48.5 Å². The Bertz CT molecular complexity index is 1050. The van der Waals surface area contributed by atoms with Gasteiger partial charge in [0, 0.05) is 28.2 Å². The number of benzene rings is 3. The lowest BCUT2D eigenvalue weighted by atomic mass is 10.1. The number of nitrogens with zero attached hydrogens (tertiary/aromatic N) is 1. The zero-order valence-corrected chi connectivity index (χ0v) is 16.4. The molecule has 29 heavy (non-hydrogen) atoms. The number of thioether (sulfide) groups is 1. The second-order valence-corrected chi connectivity index (χ2v) is 7.62. The lowest BCUT2D eigenvalue weighted by Crippen LogP contribution is -2.27. The fourth-order valence-corrected chi connectivity index (χ4v) is 4.13. The van der Waals surface area contributed by atoms with Crippen LogP contribution in [0.3, 0.4) is 0 Å². The number of fused-ring (bicyclic) bond motifs is 1. The van der Waals surface area contributed by atoms with Crippen molar-refractivity contribution in [1.82, 2.24) is 5.43 Å². The van der Waals surface area contributed by atoms with Crippen molar-refractivity contribution in [2.45, 2.75) is 11.3 Å². The van der Waals surface area contributed by atoms with E-state index in [9.17, 15) is 9.18 Å². The van der Waals surface area contributed by atoms with Gasteiger partial charge < -0.3 is 4.74 Å². The van der Waals surface area contributed by atoms with Gasteiger partial charge in [0.05, 0.1) is 5.71 Å². The Hall–Kier alpha value is -3.12. The van der Waals surface area contributed by atoms with Crippen LogP contribution in [0.2, 0.25) is 0 Å². The smallest absolute Gasteiger partial charge is 0.277 e. The molecule has 0 aromatic heterocycles. The van der Waals surface area contributed by atoms with Gasteiger partial charge in [0.2, 0.25) is 0 Å². The molecule has 4 rings (SSSR count). The minimum atomic E-state index is -0.364. The number of amides is 1. The molecule has 1 N–H and O–H groups in total. The van der Waals surface area contributed by atoms with Crippen molar-refractivity contribution in [1.29, 1.82) is 0 Å². The molecule has 1 heterocycles. The summed E-state index contributed by atoms with van der Waals surface area (Å²) < 4.78 is 19.3. The molecule has 0 radical (unpaired) electrons. The van der Waals surface area contributed by atoms with E-state index < -0.39 is 0 Å².